The lowest BCUT2D eigenvalue weighted by atomic mass is 10.1. The predicted octanol–water partition coefficient (Wildman–Crippen LogP) is 1.52. The second kappa shape index (κ2) is 11.7. The summed E-state index contributed by atoms with van der Waals surface area (Å²) in [6.07, 6.45) is 2.03. The molecule has 0 aliphatic carbocycles. The first-order valence-electron chi connectivity index (χ1n) is 9.27. The van der Waals surface area contributed by atoms with E-state index in [4.69, 9.17) is 9.47 Å². The molecule has 6 nitrogen and oxygen atoms in total. The van der Waals surface area contributed by atoms with Gasteiger partial charge in [-0.1, -0.05) is 12.1 Å². The Bertz CT molecular complexity index is 516. The summed E-state index contributed by atoms with van der Waals surface area (Å²) in [5.41, 5.74) is 1.29. The van der Waals surface area contributed by atoms with Gasteiger partial charge < -0.3 is 20.1 Å². The first-order valence-corrected chi connectivity index (χ1v) is 9.27. The van der Waals surface area contributed by atoms with E-state index in [-0.39, 0.29) is 0 Å². The molecule has 25 heavy (non-hydrogen) atoms. The predicted molar refractivity (Wildman–Crippen MR) is 103 cm³/mol. The van der Waals surface area contributed by atoms with E-state index in [9.17, 15) is 0 Å². The molecule has 0 bridgehead atoms. The second-order valence-electron chi connectivity index (χ2n) is 6.10. The molecule has 0 radical (unpaired) electrons. The fourth-order valence-electron chi connectivity index (χ4n) is 2.80. The quantitative estimate of drug-likeness (QED) is 0.403. The van der Waals surface area contributed by atoms with E-state index in [0.717, 1.165) is 77.0 Å². The van der Waals surface area contributed by atoms with Crippen LogP contribution in [0.2, 0.25) is 0 Å². The first-order chi connectivity index (χ1) is 12.3. The monoisotopic (exact) mass is 348 g/mol. The van der Waals surface area contributed by atoms with Gasteiger partial charge in [-0.3, -0.25) is 9.89 Å². The molecule has 1 saturated heterocycles. The Morgan fingerprint density at radius 1 is 1.28 bits per heavy atom. The van der Waals surface area contributed by atoms with Gasteiger partial charge in [0.25, 0.3) is 0 Å². The molecule has 1 aliphatic heterocycles. The molecule has 2 rings (SSSR count). The molecule has 0 aromatic heterocycles. The van der Waals surface area contributed by atoms with Gasteiger partial charge in [0, 0.05) is 39.3 Å². The Kier molecular flexibility index (Phi) is 9.15. The van der Waals surface area contributed by atoms with Gasteiger partial charge in [-0.15, -0.1) is 0 Å². The van der Waals surface area contributed by atoms with Crippen molar-refractivity contribution in [3.05, 3.63) is 29.8 Å². The van der Waals surface area contributed by atoms with Crippen molar-refractivity contribution in [2.45, 2.75) is 19.8 Å². The Hall–Kier alpha value is -1.79. The molecule has 140 valence electrons. The number of ether oxygens (including phenoxy) is 2. The van der Waals surface area contributed by atoms with Crippen LogP contribution >= 0.6 is 0 Å². The van der Waals surface area contributed by atoms with Crippen LogP contribution < -0.4 is 15.4 Å². The highest BCUT2D eigenvalue weighted by Gasteiger charge is 2.09. The molecule has 0 spiro atoms. The molecule has 2 N–H and O–H groups in total. The zero-order valence-electron chi connectivity index (χ0n) is 15.6. The Morgan fingerprint density at radius 2 is 2.12 bits per heavy atom. The number of nitrogens with one attached hydrogen (secondary N) is 2. The van der Waals surface area contributed by atoms with Crippen LogP contribution in [-0.2, 0) is 11.2 Å². The van der Waals surface area contributed by atoms with Crippen molar-refractivity contribution in [3.8, 4) is 5.75 Å². The van der Waals surface area contributed by atoms with Crippen LogP contribution in [-0.4, -0.2) is 70.5 Å². The maximum absolute atomic E-state index is 5.38. The SMILES string of the molecule is CCNC(=NCCCc1cccc(OC)c1)NCCN1CCOCC1. The van der Waals surface area contributed by atoms with Crippen molar-refractivity contribution < 1.29 is 9.47 Å². The molecule has 0 atom stereocenters. The summed E-state index contributed by atoms with van der Waals surface area (Å²) in [6.45, 7) is 9.45. The average molecular weight is 348 g/mol. The highest BCUT2D eigenvalue weighted by Crippen LogP contribution is 2.13. The van der Waals surface area contributed by atoms with Crippen molar-refractivity contribution in [2.75, 3.05) is 59.6 Å². The van der Waals surface area contributed by atoms with Gasteiger partial charge in [0.15, 0.2) is 5.96 Å². The highest BCUT2D eigenvalue weighted by molar-refractivity contribution is 5.79. The number of hydrogen-bond donors (Lipinski definition) is 2. The standard InChI is InChI=1S/C19H32N4O2/c1-3-20-19(22-10-11-23-12-14-25-15-13-23)21-9-5-7-17-6-4-8-18(16-17)24-2/h4,6,8,16H,3,5,7,9-15H2,1-2H3,(H2,20,21,22). The van der Waals surface area contributed by atoms with E-state index in [1.165, 1.54) is 5.56 Å². The van der Waals surface area contributed by atoms with Gasteiger partial charge in [0.05, 0.1) is 20.3 Å². The molecule has 1 aliphatic rings. The van der Waals surface area contributed by atoms with Gasteiger partial charge in [-0.25, -0.2) is 0 Å². The number of nitrogens with zero attached hydrogens (tertiary/aromatic N) is 2. The molecule has 0 amide bonds. The van der Waals surface area contributed by atoms with E-state index in [0.29, 0.717) is 0 Å². The summed E-state index contributed by atoms with van der Waals surface area (Å²) in [5.74, 6) is 1.82. The summed E-state index contributed by atoms with van der Waals surface area (Å²) in [4.78, 5) is 7.09. The fraction of sp³-hybridized carbons (Fsp3) is 0.632. The maximum Gasteiger partial charge on any atom is 0.191 e. The molecule has 0 saturated carbocycles. The minimum atomic E-state index is 0.810. The van der Waals surface area contributed by atoms with Crippen LogP contribution in [0.4, 0.5) is 0 Å². The summed E-state index contributed by atoms with van der Waals surface area (Å²) >= 11 is 0. The van der Waals surface area contributed by atoms with Crippen LogP contribution in [0, 0.1) is 0 Å². The van der Waals surface area contributed by atoms with Crippen LogP contribution in [0.5, 0.6) is 5.75 Å². The summed E-state index contributed by atoms with van der Waals surface area (Å²) in [7, 11) is 1.70. The summed E-state index contributed by atoms with van der Waals surface area (Å²) < 4.78 is 10.6. The number of rotatable bonds is 9. The van der Waals surface area contributed by atoms with Gasteiger partial charge in [-0.05, 0) is 37.5 Å². The van der Waals surface area contributed by atoms with E-state index in [1.807, 2.05) is 12.1 Å². The highest BCUT2D eigenvalue weighted by atomic mass is 16.5. The van der Waals surface area contributed by atoms with E-state index in [2.05, 4.69) is 39.6 Å². The topological polar surface area (TPSA) is 58.1 Å². The molecule has 6 heteroatoms. The smallest absolute Gasteiger partial charge is 0.191 e. The number of benzene rings is 1. The third kappa shape index (κ3) is 7.75. The van der Waals surface area contributed by atoms with Gasteiger partial charge in [0.2, 0.25) is 0 Å². The van der Waals surface area contributed by atoms with Crippen LogP contribution in [0.1, 0.15) is 18.9 Å². The van der Waals surface area contributed by atoms with Gasteiger partial charge in [0.1, 0.15) is 5.75 Å². The Labute approximate surface area is 151 Å². The summed E-state index contributed by atoms with van der Waals surface area (Å²) in [5, 5.41) is 6.73. The fourth-order valence-corrected chi connectivity index (χ4v) is 2.80. The van der Waals surface area contributed by atoms with Crippen molar-refractivity contribution in [1.29, 1.82) is 0 Å². The minimum Gasteiger partial charge on any atom is -0.497 e. The largest absolute Gasteiger partial charge is 0.497 e. The molecule has 1 fully saturated rings. The van der Waals surface area contributed by atoms with Crippen LogP contribution in [0.25, 0.3) is 0 Å². The molecule has 1 heterocycles. The molecule has 1 aromatic carbocycles. The molecule has 1 aromatic rings. The van der Waals surface area contributed by atoms with Crippen molar-refractivity contribution in [2.24, 2.45) is 4.99 Å². The maximum atomic E-state index is 5.38. The van der Waals surface area contributed by atoms with E-state index in [1.54, 1.807) is 7.11 Å². The van der Waals surface area contributed by atoms with Gasteiger partial charge in [-0.2, -0.15) is 0 Å². The van der Waals surface area contributed by atoms with E-state index < -0.39 is 0 Å². The first kappa shape index (κ1) is 19.5. The normalized spacial score (nSPS) is 15.8. The number of morpholine rings is 1. The third-order valence-corrected chi connectivity index (χ3v) is 4.20. The number of aliphatic imine (C=N–C) groups is 1. The molecule has 0 unspecified atom stereocenters. The van der Waals surface area contributed by atoms with E-state index >= 15 is 0 Å². The van der Waals surface area contributed by atoms with Crippen LogP contribution in [0.3, 0.4) is 0 Å². The lowest BCUT2D eigenvalue weighted by Gasteiger charge is -2.26. The molecular formula is C19H32N4O2. The average Bonchev–Trinajstić information content (AvgIpc) is 2.66. The number of aryl methyl sites for hydroxylation is 1. The Morgan fingerprint density at radius 3 is 2.88 bits per heavy atom. The lowest BCUT2D eigenvalue weighted by molar-refractivity contribution is 0.0389. The second-order valence-corrected chi connectivity index (χ2v) is 6.10. The van der Waals surface area contributed by atoms with Gasteiger partial charge >= 0.3 is 0 Å². The third-order valence-electron chi connectivity index (χ3n) is 4.20. The zero-order chi connectivity index (χ0) is 17.7. The number of hydrogen-bond acceptors (Lipinski definition) is 4. The Balaban J connectivity index is 1.68. The van der Waals surface area contributed by atoms with Crippen molar-refractivity contribution in [3.63, 3.8) is 0 Å². The van der Waals surface area contributed by atoms with Crippen molar-refractivity contribution >= 4 is 5.96 Å². The molecular weight excluding hydrogens is 316 g/mol. The summed E-state index contributed by atoms with van der Waals surface area (Å²) in [6, 6.07) is 8.24. The van der Waals surface area contributed by atoms with Crippen LogP contribution in [0.15, 0.2) is 29.3 Å². The minimum absolute atomic E-state index is 0.810. The lowest BCUT2D eigenvalue weighted by Crippen LogP contribution is -2.44. The zero-order valence-corrected chi connectivity index (χ0v) is 15.6. The number of guanidine groups is 1. The number of methoxy groups -OCH3 is 1. The van der Waals surface area contributed by atoms with Crippen molar-refractivity contribution in [1.82, 2.24) is 15.5 Å².